The summed E-state index contributed by atoms with van der Waals surface area (Å²) < 4.78 is 5.59. The Balaban J connectivity index is 1.92. The van der Waals surface area contributed by atoms with E-state index >= 15 is 0 Å². The van der Waals surface area contributed by atoms with Crippen LogP contribution in [-0.4, -0.2) is 31.7 Å². The molecular formula is C32H38N2O. The van der Waals surface area contributed by atoms with Gasteiger partial charge in [0.1, 0.15) is 0 Å². The Hall–Kier alpha value is -3.04. The molecule has 2 aliphatic heterocycles. The Kier molecular flexibility index (Phi) is 6.01. The molecule has 2 heterocycles. The molecule has 35 heavy (non-hydrogen) atoms. The van der Waals surface area contributed by atoms with Gasteiger partial charge in [-0.25, -0.2) is 0 Å². The minimum Gasteiger partial charge on any atom is -0.385 e. The first-order valence-corrected chi connectivity index (χ1v) is 12.8. The zero-order valence-electron chi connectivity index (χ0n) is 22.2. The highest BCUT2D eigenvalue weighted by molar-refractivity contribution is 6.02. The van der Waals surface area contributed by atoms with Crippen LogP contribution < -0.4 is 4.90 Å². The van der Waals surface area contributed by atoms with E-state index in [1.54, 1.807) is 0 Å². The number of methoxy groups -OCH3 is 1. The summed E-state index contributed by atoms with van der Waals surface area (Å²) in [4.78, 5) is 5.02. The maximum Gasteiger partial charge on any atom is 0.0564 e. The highest BCUT2D eigenvalue weighted by atomic mass is 16.5. The van der Waals surface area contributed by atoms with E-state index < -0.39 is 0 Å². The number of rotatable bonds is 4. The average molecular weight is 467 g/mol. The van der Waals surface area contributed by atoms with Crippen molar-refractivity contribution < 1.29 is 4.74 Å². The van der Waals surface area contributed by atoms with Gasteiger partial charge in [0, 0.05) is 49.7 Å². The van der Waals surface area contributed by atoms with Gasteiger partial charge < -0.3 is 14.5 Å². The summed E-state index contributed by atoms with van der Waals surface area (Å²) in [6, 6.07) is 22.5. The number of hydrogen-bond acceptors (Lipinski definition) is 3. The number of anilines is 2. The molecule has 0 saturated heterocycles. The first kappa shape index (κ1) is 23.7. The van der Waals surface area contributed by atoms with Crippen LogP contribution in [0.1, 0.15) is 58.1 Å². The van der Waals surface area contributed by atoms with Gasteiger partial charge in [0.2, 0.25) is 0 Å². The van der Waals surface area contributed by atoms with Crippen LogP contribution in [0.25, 0.3) is 16.5 Å². The van der Waals surface area contributed by atoms with Gasteiger partial charge in [-0.05, 0) is 65.8 Å². The minimum absolute atomic E-state index is 0.0429. The van der Waals surface area contributed by atoms with E-state index in [9.17, 15) is 0 Å². The standard InChI is InChI=1S/C32H38N2O/c1-21-28(20-32(3,4)5)34(24-14-9-8-10-15-24)27-19-23-13-11-12-16-26(23)29-25(17-18-35-7)22(2)33(6)31(21)30(27)29/h8-16,19-20,22,25H,17-18H2,1-7H3/b28-20+. The van der Waals surface area contributed by atoms with E-state index in [0.717, 1.165) is 13.0 Å². The fraction of sp³-hybridized carbons (Fsp3) is 0.375. The van der Waals surface area contributed by atoms with Gasteiger partial charge in [-0.15, -0.1) is 0 Å². The Labute approximate surface area is 210 Å². The topological polar surface area (TPSA) is 15.7 Å². The van der Waals surface area contributed by atoms with Crippen LogP contribution in [0, 0.1) is 5.41 Å². The van der Waals surface area contributed by atoms with Crippen LogP contribution in [0.2, 0.25) is 0 Å². The third-order valence-corrected chi connectivity index (χ3v) is 7.66. The summed E-state index contributed by atoms with van der Waals surface area (Å²) in [5, 5.41) is 2.67. The molecule has 2 unspecified atom stereocenters. The summed E-state index contributed by atoms with van der Waals surface area (Å²) in [6.07, 6.45) is 3.44. The molecule has 0 saturated carbocycles. The number of benzene rings is 3. The molecule has 0 fully saturated rings. The largest absolute Gasteiger partial charge is 0.385 e. The Bertz CT molecular complexity index is 1310. The van der Waals surface area contributed by atoms with Crippen molar-refractivity contribution in [1.29, 1.82) is 0 Å². The Morgan fingerprint density at radius 1 is 1.00 bits per heavy atom. The molecule has 2 atom stereocenters. The quantitative estimate of drug-likeness (QED) is 0.386. The van der Waals surface area contributed by atoms with Crippen molar-refractivity contribution in [2.45, 2.75) is 53.0 Å². The van der Waals surface area contributed by atoms with Crippen LogP contribution in [0.4, 0.5) is 11.4 Å². The van der Waals surface area contributed by atoms with Gasteiger partial charge in [0.25, 0.3) is 0 Å². The van der Waals surface area contributed by atoms with Crippen LogP contribution in [0.15, 0.2) is 78.0 Å². The molecular weight excluding hydrogens is 428 g/mol. The molecule has 2 aliphatic rings. The van der Waals surface area contributed by atoms with Crippen molar-refractivity contribution in [3.63, 3.8) is 0 Å². The van der Waals surface area contributed by atoms with Gasteiger partial charge in [-0.3, -0.25) is 0 Å². The van der Waals surface area contributed by atoms with Gasteiger partial charge in [-0.2, -0.15) is 0 Å². The summed E-state index contributed by atoms with van der Waals surface area (Å²) in [6.45, 7) is 12.3. The highest BCUT2D eigenvalue weighted by Crippen LogP contribution is 2.54. The molecule has 5 rings (SSSR count). The minimum atomic E-state index is 0.0429. The van der Waals surface area contributed by atoms with E-state index in [2.05, 4.69) is 118 Å². The second kappa shape index (κ2) is 8.87. The molecule has 0 N–H and O–H groups in total. The highest BCUT2D eigenvalue weighted by Gasteiger charge is 2.41. The Morgan fingerprint density at radius 2 is 1.69 bits per heavy atom. The lowest BCUT2D eigenvalue weighted by Gasteiger charge is -2.48. The predicted octanol–water partition coefficient (Wildman–Crippen LogP) is 8.11. The van der Waals surface area contributed by atoms with Gasteiger partial charge in [0.15, 0.2) is 0 Å². The lowest BCUT2D eigenvalue weighted by molar-refractivity contribution is 0.171. The third kappa shape index (κ3) is 3.96. The summed E-state index contributed by atoms with van der Waals surface area (Å²) in [5.41, 5.74) is 9.37. The zero-order valence-corrected chi connectivity index (χ0v) is 22.2. The maximum atomic E-state index is 5.59. The number of nitrogens with zero attached hydrogens (tertiary/aromatic N) is 2. The van der Waals surface area contributed by atoms with Crippen molar-refractivity contribution >= 4 is 27.8 Å². The molecule has 3 aromatic carbocycles. The van der Waals surface area contributed by atoms with Crippen LogP contribution in [0.3, 0.4) is 0 Å². The number of fused-ring (bicyclic) bond motifs is 2. The molecule has 0 aromatic heterocycles. The summed E-state index contributed by atoms with van der Waals surface area (Å²) in [5.74, 6) is 0.391. The number of likely N-dealkylation sites (N-methyl/N-ethyl adjacent to an activating group) is 1. The predicted molar refractivity (Wildman–Crippen MR) is 149 cm³/mol. The number of allylic oxidation sites excluding steroid dienone is 2. The number of ether oxygens (including phenoxy) is 1. The molecule has 0 aliphatic carbocycles. The zero-order chi connectivity index (χ0) is 24.9. The molecule has 0 bridgehead atoms. The molecule has 182 valence electrons. The third-order valence-electron chi connectivity index (χ3n) is 7.66. The summed E-state index contributed by atoms with van der Waals surface area (Å²) in [7, 11) is 4.09. The van der Waals surface area contributed by atoms with Crippen LogP contribution in [-0.2, 0) is 4.74 Å². The molecule has 0 spiro atoms. The fourth-order valence-electron chi connectivity index (χ4n) is 6.00. The van der Waals surface area contributed by atoms with Crippen LogP contribution in [0.5, 0.6) is 0 Å². The smallest absolute Gasteiger partial charge is 0.0564 e. The maximum absolute atomic E-state index is 5.59. The van der Waals surface area contributed by atoms with Gasteiger partial charge >= 0.3 is 0 Å². The van der Waals surface area contributed by atoms with Crippen molar-refractivity contribution in [2.75, 3.05) is 25.7 Å². The van der Waals surface area contributed by atoms with E-state index in [1.165, 1.54) is 50.2 Å². The molecule has 3 aromatic rings. The van der Waals surface area contributed by atoms with Gasteiger partial charge in [-0.1, -0.05) is 69.3 Å². The monoisotopic (exact) mass is 466 g/mol. The van der Waals surface area contributed by atoms with Crippen LogP contribution >= 0.6 is 0 Å². The lowest BCUT2D eigenvalue weighted by Crippen LogP contribution is -2.42. The van der Waals surface area contributed by atoms with Crippen molar-refractivity contribution in [2.24, 2.45) is 5.41 Å². The molecule has 3 heteroatoms. The van der Waals surface area contributed by atoms with E-state index in [0.29, 0.717) is 12.0 Å². The van der Waals surface area contributed by atoms with E-state index in [1.807, 2.05) is 7.11 Å². The molecule has 0 amide bonds. The second-order valence-corrected chi connectivity index (χ2v) is 11.2. The molecule has 3 nitrogen and oxygen atoms in total. The van der Waals surface area contributed by atoms with Crippen molar-refractivity contribution in [1.82, 2.24) is 4.90 Å². The average Bonchev–Trinajstić information content (AvgIpc) is 2.83. The number of para-hydroxylation sites is 1. The SMILES string of the molecule is COCCC1c2c3c(cc4ccccc24)N(c2ccccc2)/C(=C/C(C)(C)C)C(C)=C3N(C)C1C. The lowest BCUT2D eigenvalue weighted by atomic mass is 9.75. The number of hydrogen-bond donors (Lipinski definition) is 0. The van der Waals surface area contributed by atoms with Gasteiger partial charge in [0.05, 0.1) is 11.4 Å². The first-order valence-electron chi connectivity index (χ1n) is 12.8. The fourth-order valence-corrected chi connectivity index (χ4v) is 6.00. The first-order chi connectivity index (χ1) is 16.7. The second-order valence-electron chi connectivity index (χ2n) is 11.2. The van der Waals surface area contributed by atoms with E-state index in [4.69, 9.17) is 4.74 Å². The van der Waals surface area contributed by atoms with E-state index in [-0.39, 0.29) is 5.41 Å². The summed E-state index contributed by atoms with van der Waals surface area (Å²) >= 11 is 0. The normalized spacial score (nSPS) is 21.2. The Morgan fingerprint density at radius 3 is 2.37 bits per heavy atom. The van der Waals surface area contributed by atoms with Crippen molar-refractivity contribution in [3.8, 4) is 0 Å². The molecule has 0 radical (unpaired) electrons. The van der Waals surface area contributed by atoms with Crippen molar-refractivity contribution in [3.05, 3.63) is 89.1 Å².